The maximum Gasteiger partial charge on any atom is 0.223 e. The molecule has 2 aromatic rings. The number of imidazole rings is 1. The van der Waals surface area contributed by atoms with E-state index in [0.717, 1.165) is 0 Å². The zero-order chi connectivity index (χ0) is 15.4. The molecule has 4 N–H and O–H groups in total. The van der Waals surface area contributed by atoms with Crippen molar-refractivity contribution in [2.24, 2.45) is 0 Å². The van der Waals surface area contributed by atoms with Crippen LogP contribution in [0.1, 0.15) is 13.2 Å². The standard InChI is InChI=1S/C11H13ClFN5O3/c1-11(20)6(13)4(2-19)21-9(11)18-3-15-5-7(12)16-10(14)17-8(5)18/h3-4,6,9,19-20H,2H2,1H3,(H2,14,16,17)/t4-,6-,9+,11+/m1/s1. The number of aromatic nitrogens is 4. The van der Waals surface area contributed by atoms with Crippen LogP contribution in [-0.4, -0.2) is 54.2 Å². The third-order valence-electron chi connectivity index (χ3n) is 3.52. The number of hydrogen-bond donors (Lipinski definition) is 3. The summed E-state index contributed by atoms with van der Waals surface area (Å²) in [6.07, 6.45) is -2.73. The van der Waals surface area contributed by atoms with E-state index < -0.39 is 30.7 Å². The first-order valence-corrected chi connectivity index (χ1v) is 6.52. The Balaban J connectivity index is 2.13. The zero-order valence-electron chi connectivity index (χ0n) is 10.9. The molecule has 8 nitrogen and oxygen atoms in total. The zero-order valence-corrected chi connectivity index (χ0v) is 11.7. The average molecular weight is 318 g/mol. The van der Waals surface area contributed by atoms with Gasteiger partial charge in [0.15, 0.2) is 23.2 Å². The Hall–Kier alpha value is -1.55. The van der Waals surface area contributed by atoms with Crippen LogP contribution >= 0.6 is 11.6 Å². The lowest BCUT2D eigenvalue weighted by Gasteiger charge is -2.26. The Morgan fingerprint density at radius 3 is 2.90 bits per heavy atom. The largest absolute Gasteiger partial charge is 0.394 e. The maximum atomic E-state index is 14.1. The highest BCUT2D eigenvalue weighted by atomic mass is 35.5. The molecule has 10 heteroatoms. The molecule has 0 amide bonds. The maximum absolute atomic E-state index is 14.1. The van der Waals surface area contributed by atoms with Gasteiger partial charge in [0.2, 0.25) is 5.95 Å². The highest BCUT2D eigenvalue weighted by Crippen LogP contribution is 2.41. The topological polar surface area (TPSA) is 119 Å². The molecule has 21 heavy (non-hydrogen) atoms. The fourth-order valence-electron chi connectivity index (χ4n) is 2.44. The highest BCUT2D eigenvalue weighted by Gasteiger charge is 2.54. The highest BCUT2D eigenvalue weighted by molar-refractivity contribution is 6.33. The summed E-state index contributed by atoms with van der Waals surface area (Å²) in [7, 11) is 0. The van der Waals surface area contributed by atoms with E-state index in [4.69, 9.17) is 27.2 Å². The smallest absolute Gasteiger partial charge is 0.223 e. The SMILES string of the molecule is C[C@]1(O)[C@H](F)[C@@H](CO)O[C@@H]1n1cnc2c(Cl)nc(N)nc21. The number of aliphatic hydroxyl groups is 2. The molecule has 4 atom stereocenters. The Bertz CT molecular complexity index is 694. The van der Waals surface area contributed by atoms with Crippen LogP contribution in [-0.2, 0) is 4.74 Å². The third-order valence-corrected chi connectivity index (χ3v) is 3.78. The van der Waals surface area contributed by atoms with E-state index in [2.05, 4.69) is 15.0 Å². The van der Waals surface area contributed by atoms with Crippen molar-refractivity contribution >= 4 is 28.7 Å². The minimum Gasteiger partial charge on any atom is -0.394 e. The summed E-state index contributed by atoms with van der Waals surface area (Å²) in [5, 5.41) is 19.5. The lowest BCUT2D eigenvalue weighted by atomic mass is 9.98. The normalized spacial score (nSPS) is 32.9. The molecule has 1 aliphatic rings. The van der Waals surface area contributed by atoms with E-state index >= 15 is 0 Å². The number of ether oxygens (including phenoxy) is 1. The van der Waals surface area contributed by atoms with E-state index in [9.17, 15) is 9.50 Å². The molecule has 2 aromatic heterocycles. The molecular weight excluding hydrogens is 305 g/mol. The van der Waals surface area contributed by atoms with Gasteiger partial charge >= 0.3 is 0 Å². The van der Waals surface area contributed by atoms with Crippen LogP contribution in [0.15, 0.2) is 6.33 Å². The summed E-state index contributed by atoms with van der Waals surface area (Å²) in [6.45, 7) is 0.717. The van der Waals surface area contributed by atoms with Crippen LogP contribution < -0.4 is 5.73 Å². The van der Waals surface area contributed by atoms with E-state index in [1.54, 1.807) is 0 Å². The minimum absolute atomic E-state index is 0.0457. The molecule has 1 aliphatic heterocycles. The van der Waals surface area contributed by atoms with Gasteiger partial charge in [0.1, 0.15) is 17.2 Å². The molecule has 1 saturated heterocycles. The average Bonchev–Trinajstić information content (AvgIpc) is 2.91. The van der Waals surface area contributed by atoms with Crippen LogP contribution in [0, 0.1) is 0 Å². The van der Waals surface area contributed by atoms with Gasteiger partial charge in [0.05, 0.1) is 12.9 Å². The second kappa shape index (κ2) is 4.73. The van der Waals surface area contributed by atoms with Gasteiger partial charge in [0.25, 0.3) is 0 Å². The lowest BCUT2D eigenvalue weighted by molar-refractivity contribution is -0.0892. The second-order valence-electron chi connectivity index (χ2n) is 5.03. The quantitative estimate of drug-likeness (QED) is 0.669. The van der Waals surface area contributed by atoms with E-state index in [0.29, 0.717) is 0 Å². The van der Waals surface area contributed by atoms with Crippen LogP contribution in [0.3, 0.4) is 0 Å². The third kappa shape index (κ3) is 2.04. The summed E-state index contributed by atoms with van der Waals surface area (Å²) >= 11 is 5.91. The molecule has 0 aliphatic carbocycles. The fourth-order valence-corrected chi connectivity index (χ4v) is 2.66. The molecular formula is C11H13ClFN5O3. The molecule has 0 spiro atoms. The first-order chi connectivity index (χ1) is 9.86. The van der Waals surface area contributed by atoms with Crippen LogP contribution in [0.2, 0.25) is 5.15 Å². The van der Waals surface area contributed by atoms with E-state index in [1.807, 2.05) is 0 Å². The molecule has 3 heterocycles. The number of nitrogens with two attached hydrogens (primary N) is 1. The number of hydrogen-bond acceptors (Lipinski definition) is 7. The second-order valence-corrected chi connectivity index (χ2v) is 5.39. The Kier molecular flexibility index (Phi) is 3.24. The van der Waals surface area contributed by atoms with Crippen LogP contribution in [0.5, 0.6) is 0 Å². The van der Waals surface area contributed by atoms with Crippen molar-refractivity contribution < 1.29 is 19.3 Å². The molecule has 0 saturated carbocycles. The van der Waals surface area contributed by atoms with Crippen molar-refractivity contribution in [2.75, 3.05) is 12.3 Å². The lowest BCUT2D eigenvalue weighted by Crippen LogP contribution is -2.41. The molecule has 114 valence electrons. The monoisotopic (exact) mass is 317 g/mol. The molecule has 0 radical (unpaired) electrons. The molecule has 0 unspecified atom stereocenters. The minimum atomic E-state index is -1.87. The number of nitrogen functional groups attached to an aromatic ring is 1. The van der Waals surface area contributed by atoms with Crippen molar-refractivity contribution in [3.05, 3.63) is 11.5 Å². The van der Waals surface area contributed by atoms with Gasteiger partial charge in [-0.3, -0.25) is 4.57 Å². The Morgan fingerprint density at radius 1 is 1.57 bits per heavy atom. The van der Waals surface area contributed by atoms with Gasteiger partial charge in [-0.25, -0.2) is 9.37 Å². The summed E-state index contributed by atoms with van der Waals surface area (Å²) in [5.41, 5.74) is 4.14. The predicted molar refractivity (Wildman–Crippen MR) is 71.3 cm³/mol. The number of aliphatic hydroxyl groups excluding tert-OH is 1. The van der Waals surface area contributed by atoms with Gasteiger partial charge < -0.3 is 20.7 Å². The van der Waals surface area contributed by atoms with Crippen molar-refractivity contribution in [3.63, 3.8) is 0 Å². The summed E-state index contributed by atoms with van der Waals surface area (Å²) in [5.74, 6) is -0.0811. The van der Waals surface area contributed by atoms with Gasteiger partial charge in [-0.15, -0.1) is 0 Å². The summed E-state index contributed by atoms with van der Waals surface area (Å²) in [6, 6.07) is 0. The first-order valence-electron chi connectivity index (χ1n) is 6.14. The number of fused-ring (bicyclic) bond motifs is 1. The Morgan fingerprint density at radius 2 is 2.29 bits per heavy atom. The number of halogens is 2. The van der Waals surface area contributed by atoms with Crippen molar-refractivity contribution in [2.45, 2.75) is 31.0 Å². The Labute approximate surface area is 123 Å². The number of anilines is 1. The predicted octanol–water partition coefficient (Wildman–Crippen LogP) is 0.0407. The van der Waals surface area contributed by atoms with Crippen molar-refractivity contribution in [1.82, 2.24) is 19.5 Å². The number of nitrogens with zero attached hydrogens (tertiary/aromatic N) is 4. The summed E-state index contributed by atoms with van der Waals surface area (Å²) < 4.78 is 20.8. The first kappa shape index (κ1) is 14.4. The molecule has 3 rings (SSSR count). The van der Waals surface area contributed by atoms with Gasteiger partial charge in [-0.1, -0.05) is 11.6 Å². The molecule has 0 bridgehead atoms. The molecule has 0 aromatic carbocycles. The van der Waals surface area contributed by atoms with Gasteiger partial charge in [0, 0.05) is 0 Å². The van der Waals surface area contributed by atoms with Crippen molar-refractivity contribution in [3.8, 4) is 0 Å². The van der Waals surface area contributed by atoms with E-state index in [1.165, 1.54) is 17.8 Å². The summed E-state index contributed by atoms with van der Waals surface area (Å²) in [4.78, 5) is 11.8. The number of alkyl halides is 1. The van der Waals surface area contributed by atoms with Gasteiger partial charge in [-0.2, -0.15) is 9.97 Å². The van der Waals surface area contributed by atoms with Gasteiger partial charge in [-0.05, 0) is 6.92 Å². The number of rotatable bonds is 2. The van der Waals surface area contributed by atoms with E-state index in [-0.39, 0.29) is 22.3 Å². The van der Waals surface area contributed by atoms with Crippen LogP contribution in [0.25, 0.3) is 11.2 Å². The fraction of sp³-hybridized carbons (Fsp3) is 0.545. The van der Waals surface area contributed by atoms with Crippen molar-refractivity contribution in [1.29, 1.82) is 0 Å². The molecule has 1 fully saturated rings. The van der Waals surface area contributed by atoms with Crippen LogP contribution in [0.4, 0.5) is 10.3 Å².